The quantitative estimate of drug-likeness (QED) is 0.865. The van der Waals surface area contributed by atoms with E-state index in [4.69, 9.17) is 11.6 Å². The highest BCUT2D eigenvalue weighted by Crippen LogP contribution is 2.37. The minimum absolute atomic E-state index is 0.111. The van der Waals surface area contributed by atoms with Gasteiger partial charge in [0.1, 0.15) is 11.1 Å². The number of nitriles is 1. The first-order valence-corrected chi connectivity index (χ1v) is 7.44. The summed E-state index contributed by atoms with van der Waals surface area (Å²) in [5.74, 6) is -0.0591. The predicted octanol–water partition coefficient (Wildman–Crippen LogP) is 3.31. The Hall–Kier alpha value is -1.05. The van der Waals surface area contributed by atoms with Crippen LogP contribution in [-0.2, 0) is 17.6 Å². The van der Waals surface area contributed by atoms with Gasteiger partial charge >= 0.3 is 0 Å². The number of carbonyl (C=O) groups is 1. The summed E-state index contributed by atoms with van der Waals surface area (Å²) in [6.45, 7) is 1.78. The van der Waals surface area contributed by atoms with E-state index < -0.39 is 0 Å². The lowest BCUT2D eigenvalue weighted by Gasteiger charge is -2.09. The third-order valence-corrected chi connectivity index (χ3v) is 4.87. The largest absolute Gasteiger partial charge is 0.316 e. The third kappa shape index (κ3) is 2.52. The number of nitrogens with one attached hydrogen (secondary N) is 1. The molecule has 1 heterocycles. The molecule has 1 aliphatic rings. The molecule has 18 heavy (non-hydrogen) atoms. The van der Waals surface area contributed by atoms with Gasteiger partial charge in [0, 0.05) is 16.7 Å². The molecule has 1 unspecified atom stereocenters. The molecule has 0 aliphatic heterocycles. The van der Waals surface area contributed by atoms with Gasteiger partial charge in [0.2, 0.25) is 5.91 Å². The number of amides is 1. The standard InChI is InChI=1S/C13H15ClN2OS/c1-8(6-14)12(17)16-13-10(7-15)9-4-2-3-5-11(9)18-13/h8H,2-6H2,1H3,(H,16,17). The number of alkyl halides is 1. The van der Waals surface area contributed by atoms with Gasteiger partial charge in [-0.05, 0) is 31.2 Å². The predicted molar refractivity (Wildman–Crippen MR) is 74.2 cm³/mol. The summed E-state index contributed by atoms with van der Waals surface area (Å²) in [5, 5.41) is 12.8. The molecule has 0 fully saturated rings. The summed E-state index contributed by atoms with van der Waals surface area (Å²) in [7, 11) is 0. The minimum Gasteiger partial charge on any atom is -0.316 e. The molecule has 5 heteroatoms. The number of anilines is 1. The number of hydrogen-bond donors (Lipinski definition) is 1. The first-order chi connectivity index (χ1) is 8.67. The first kappa shape index (κ1) is 13.4. The van der Waals surface area contributed by atoms with Gasteiger partial charge in [0.15, 0.2) is 0 Å². The highest BCUT2D eigenvalue weighted by molar-refractivity contribution is 7.16. The number of hydrogen-bond acceptors (Lipinski definition) is 3. The van der Waals surface area contributed by atoms with Crippen molar-refractivity contribution in [3.63, 3.8) is 0 Å². The van der Waals surface area contributed by atoms with Crippen molar-refractivity contribution in [3.05, 3.63) is 16.0 Å². The summed E-state index contributed by atoms with van der Waals surface area (Å²) in [6, 6.07) is 2.23. The second-order valence-corrected chi connectivity index (χ2v) is 5.99. The highest BCUT2D eigenvalue weighted by atomic mass is 35.5. The number of aryl methyl sites for hydroxylation is 1. The van der Waals surface area contributed by atoms with Crippen molar-refractivity contribution >= 4 is 33.8 Å². The number of rotatable bonds is 3. The molecule has 0 aromatic carbocycles. The van der Waals surface area contributed by atoms with Crippen LogP contribution in [0.15, 0.2) is 0 Å². The molecule has 0 saturated heterocycles. The molecule has 0 bridgehead atoms. The summed E-state index contributed by atoms with van der Waals surface area (Å²) in [4.78, 5) is 13.1. The van der Waals surface area contributed by atoms with E-state index in [1.165, 1.54) is 11.3 Å². The van der Waals surface area contributed by atoms with Crippen molar-refractivity contribution in [3.8, 4) is 6.07 Å². The Morgan fingerprint density at radius 1 is 1.56 bits per heavy atom. The number of halogens is 1. The van der Waals surface area contributed by atoms with Crippen LogP contribution in [0, 0.1) is 17.2 Å². The lowest BCUT2D eigenvalue weighted by molar-refractivity contribution is -0.118. The van der Waals surface area contributed by atoms with E-state index >= 15 is 0 Å². The maximum absolute atomic E-state index is 11.8. The molecule has 1 aromatic rings. The molecule has 0 spiro atoms. The summed E-state index contributed by atoms with van der Waals surface area (Å²) in [6.07, 6.45) is 4.28. The smallest absolute Gasteiger partial charge is 0.229 e. The molecule has 0 radical (unpaired) electrons. The molecular weight excluding hydrogens is 268 g/mol. The Balaban J connectivity index is 2.26. The number of nitrogens with zero attached hydrogens (tertiary/aromatic N) is 1. The maximum Gasteiger partial charge on any atom is 0.229 e. The van der Waals surface area contributed by atoms with Crippen molar-refractivity contribution < 1.29 is 4.79 Å². The first-order valence-electron chi connectivity index (χ1n) is 6.08. The molecule has 2 rings (SSSR count). The fraction of sp³-hybridized carbons (Fsp3) is 0.538. The molecule has 1 aliphatic carbocycles. The van der Waals surface area contributed by atoms with E-state index in [1.54, 1.807) is 18.3 Å². The lowest BCUT2D eigenvalue weighted by atomic mass is 9.96. The maximum atomic E-state index is 11.8. The second-order valence-electron chi connectivity index (χ2n) is 4.57. The zero-order valence-corrected chi connectivity index (χ0v) is 11.8. The molecule has 1 aromatic heterocycles. The van der Waals surface area contributed by atoms with Crippen LogP contribution >= 0.6 is 22.9 Å². The summed E-state index contributed by atoms with van der Waals surface area (Å²) in [5.41, 5.74) is 1.80. The van der Waals surface area contributed by atoms with E-state index in [0.29, 0.717) is 16.4 Å². The molecule has 1 amide bonds. The van der Waals surface area contributed by atoms with E-state index in [2.05, 4.69) is 11.4 Å². The fourth-order valence-electron chi connectivity index (χ4n) is 2.08. The molecular formula is C13H15ClN2OS. The number of carbonyl (C=O) groups excluding carboxylic acids is 1. The summed E-state index contributed by atoms with van der Waals surface area (Å²) >= 11 is 7.21. The van der Waals surface area contributed by atoms with Gasteiger partial charge in [-0.25, -0.2) is 0 Å². The van der Waals surface area contributed by atoms with Crippen molar-refractivity contribution in [2.75, 3.05) is 11.2 Å². The molecule has 1 N–H and O–H groups in total. The van der Waals surface area contributed by atoms with Crippen molar-refractivity contribution in [2.24, 2.45) is 5.92 Å². The van der Waals surface area contributed by atoms with Gasteiger partial charge in [-0.1, -0.05) is 6.92 Å². The van der Waals surface area contributed by atoms with Gasteiger partial charge < -0.3 is 5.32 Å². The second kappa shape index (κ2) is 5.73. The Bertz CT molecular complexity index is 504. The van der Waals surface area contributed by atoms with Crippen molar-refractivity contribution in [2.45, 2.75) is 32.6 Å². The topological polar surface area (TPSA) is 52.9 Å². The van der Waals surface area contributed by atoms with Crippen molar-refractivity contribution in [1.29, 1.82) is 5.26 Å². The fourth-order valence-corrected chi connectivity index (χ4v) is 3.46. The van der Waals surface area contributed by atoms with Gasteiger partial charge in [-0.15, -0.1) is 22.9 Å². The zero-order chi connectivity index (χ0) is 13.1. The van der Waals surface area contributed by atoms with Gasteiger partial charge in [0.05, 0.1) is 5.56 Å². The van der Waals surface area contributed by atoms with Gasteiger partial charge in [-0.2, -0.15) is 5.26 Å². The Kier molecular flexibility index (Phi) is 4.26. The van der Waals surface area contributed by atoms with Crippen LogP contribution in [0.4, 0.5) is 5.00 Å². The molecule has 1 atom stereocenters. The third-order valence-electron chi connectivity index (χ3n) is 3.20. The zero-order valence-electron chi connectivity index (χ0n) is 10.3. The van der Waals surface area contributed by atoms with E-state index in [-0.39, 0.29) is 11.8 Å². The van der Waals surface area contributed by atoms with Crippen LogP contribution in [0.25, 0.3) is 0 Å². The Morgan fingerprint density at radius 3 is 2.94 bits per heavy atom. The molecule has 0 saturated carbocycles. The lowest BCUT2D eigenvalue weighted by Crippen LogP contribution is -2.21. The Morgan fingerprint density at radius 2 is 2.28 bits per heavy atom. The van der Waals surface area contributed by atoms with Crippen molar-refractivity contribution in [1.82, 2.24) is 0 Å². The molecule has 3 nitrogen and oxygen atoms in total. The molecule has 96 valence electrons. The monoisotopic (exact) mass is 282 g/mol. The van der Waals surface area contributed by atoms with Crippen LogP contribution in [0.3, 0.4) is 0 Å². The van der Waals surface area contributed by atoms with Gasteiger partial charge in [-0.3, -0.25) is 4.79 Å². The summed E-state index contributed by atoms with van der Waals surface area (Å²) < 4.78 is 0. The van der Waals surface area contributed by atoms with Crippen LogP contribution < -0.4 is 5.32 Å². The van der Waals surface area contributed by atoms with Crippen LogP contribution in [0.1, 0.15) is 35.8 Å². The van der Waals surface area contributed by atoms with Crippen LogP contribution in [-0.4, -0.2) is 11.8 Å². The highest BCUT2D eigenvalue weighted by Gasteiger charge is 2.22. The van der Waals surface area contributed by atoms with E-state index in [0.717, 1.165) is 24.8 Å². The SMILES string of the molecule is CC(CCl)C(=O)Nc1sc2c(c1C#N)CCCC2. The number of thiophene rings is 1. The normalized spacial score (nSPS) is 15.6. The Labute approximate surface area is 116 Å². The van der Waals surface area contributed by atoms with E-state index in [9.17, 15) is 10.1 Å². The minimum atomic E-state index is -0.239. The van der Waals surface area contributed by atoms with Crippen LogP contribution in [0.5, 0.6) is 0 Å². The average Bonchev–Trinajstić information content (AvgIpc) is 2.74. The number of fused-ring (bicyclic) bond motifs is 1. The van der Waals surface area contributed by atoms with Crippen LogP contribution in [0.2, 0.25) is 0 Å². The van der Waals surface area contributed by atoms with Gasteiger partial charge in [0.25, 0.3) is 0 Å². The average molecular weight is 283 g/mol. The van der Waals surface area contributed by atoms with E-state index in [1.807, 2.05) is 0 Å².